The van der Waals surface area contributed by atoms with Gasteiger partial charge in [0.25, 0.3) is 5.91 Å². The zero-order valence-corrected chi connectivity index (χ0v) is 15.6. The number of benzene rings is 1. The summed E-state index contributed by atoms with van der Waals surface area (Å²) in [6.07, 6.45) is 8.49. The molecule has 1 saturated carbocycles. The Kier molecular flexibility index (Phi) is 4.92. The van der Waals surface area contributed by atoms with E-state index in [1.807, 2.05) is 36.1 Å². The highest BCUT2D eigenvalue weighted by Gasteiger charge is 2.35. The summed E-state index contributed by atoms with van der Waals surface area (Å²) in [6.45, 7) is 1.63. The molecule has 0 atom stereocenters. The number of esters is 1. The van der Waals surface area contributed by atoms with Crippen LogP contribution in [0.1, 0.15) is 54.6 Å². The number of nitrogens with zero attached hydrogens (tertiary/aromatic N) is 2. The maximum absolute atomic E-state index is 12.8. The van der Waals surface area contributed by atoms with Gasteiger partial charge in [-0.2, -0.15) is 0 Å². The van der Waals surface area contributed by atoms with E-state index in [9.17, 15) is 9.59 Å². The van der Waals surface area contributed by atoms with Gasteiger partial charge in [-0.05, 0) is 57.6 Å². The first-order valence-electron chi connectivity index (χ1n) is 9.68. The maximum Gasteiger partial charge on any atom is 0.339 e. The van der Waals surface area contributed by atoms with Gasteiger partial charge in [0.05, 0.1) is 11.1 Å². The van der Waals surface area contributed by atoms with Gasteiger partial charge in [0.1, 0.15) is 0 Å². The zero-order chi connectivity index (χ0) is 18.8. The van der Waals surface area contributed by atoms with Gasteiger partial charge < -0.3 is 9.64 Å². The lowest BCUT2D eigenvalue weighted by Gasteiger charge is -2.27. The minimum absolute atomic E-state index is 0.117. The molecule has 1 fully saturated rings. The molecule has 1 heterocycles. The first-order valence-corrected chi connectivity index (χ1v) is 9.68. The topological polar surface area (TPSA) is 59.5 Å². The fourth-order valence-corrected chi connectivity index (χ4v) is 3.72. The number of amides is 1. The normalized spacial score (nSPS) is 16.7. The molecule has 0 radical (unpaired) electrons. The van der Waals surface area contributed by atoms with Crippen molar-refractivity contribution in [2.45, 2.75) is 51.5 Å². The minimum atomic E-state index is -0.474. The zero-order valence-electron chi connectivity index (χ0n) is 15.6. The van der Waals surface area contributed by atoms with Crippen molar-refractivity contribution >= 4 is 22.8 Å². The molecule has 5 nitrogen and oxygen atoms in total. The second kappa shape index (κ2) is 7.51. The Morgan fingerprint density at radius 1 is 1.22 bits per heavy atom. The molecular weight excluding hydrogens is 340 g/mol. The van der Waals surface area contributed by atoms with Crippen LogP contribution in [0.5, 0.6) is 0 Å². The molecule has 1 aromatic carbocycles. The van der Waals surface area contributed by atoms with Crippen molar-refractivity contribution in [1.82, 2.24) is 9.88 Å². The molecule has 0 bridgehead atoms. The molecule has 1 aromatic heterocycles. The van der Waals surface area contributed by atoms with Crippen molar-refractivity contribution in [3.05, 3.63) is 53.4 Å². The van der Waals surface area contributed by atoms with Crippen molar-refractivity contribution < 1.29 is 14.3 Å². The Morgan fingerprint density at radius 3 is 2.78 bits per heavy atom. The van der Waals surface area contributed by atoms with E-state index in [1.165, 1.54) is 6.42 Å². The number of hydrogen-bond acceptors (Lipinski definition) is 4. The van der Waals surface area contributed by atoms with E-state index in [2.05, 4.69) is 11.1 Å². The molecule has 0 unspecified atom stereocenters. The summed E-state index contributed by atoms with van der Waals surface area (Å²) >= 11 is 0. The fourth-order valence-electron chi connectivity index (χ4n) is 3.72. The number of pyridine rings is 1. The van der Waals surface area contributed by atoms with Crippen LogP contribution in [0.15, 0.2) is 42.1 Å². The number of hydrogen-bond donors (Lipinski definition) is 0. The van der Waals surface area contributed by atoms with Crippen LogP contribution in [0.25, 0.3) is 10.9 Å². The van der Waals surface area contributed by atoms with Gasteiger partial charge in [-0.3, -0.25) is 9.78 Å². The van der Waals surface area contributed by atoms with E-state index >= 15 is 0 Å². The van der Waals surface area contributed by atoms with Gasteiger partial charge in [-0.25, -0.2) is 4.79 Å². The highest BCUT2D eigenvalue weighted by Crippen LogP contribution is 2.33. The standard InChI is InChI=1S/C22H24N2O3/c1-15-13-19(18-9-5-6-10-20(18)23-15)22(26)27-14-21(25)24(17-11-12-17)16-7-3-2-4-8-16/h5-7,9-10,13,17H,2-4,8,11-12,14H2,1H3. The highest BCUT2D eigenvalue weighted by molar-refractivity contribution is 6.04. The summed E-state index contributed by atoms with van der Waals surface area (Å²) < 4.78 is 5.42. The Morgan fingerprint density at radius 2 is 2.04 bits per heavy atom. The van der Waals surface area contributed by atoms with E-state index in [4.69, 9.17) is 4.74 Å². The number of ether oxygens (including phenoxy) is 1. The SMILES string of the molecule is Cc1cc(C(=O)OCC(=O)N(C2=CCCCC2)C2CC2)c2ccccc2n1. The second-order valence-corrected chi connectivity index (χ2v) is 7.34. The smallest absolute Gasteiger partial charge is 0.339 e. The highest BCUT2D eigenvalue weighted by atomic mass is 16.5. The Bertz CT molecular complexity index is 915. The van der Waals surface area contributed by atoms with Gasteiger partial charge in [-0.15, -0.1) is 0 Å². The van der Waals surface area contributed by atoms with E-state index in [-0.39, 0.29) is 18.6 Å². The molecule has 4 rings (SSSR count). The molecule has 1 amide bonds. The van der Waals surface area contributed by atoms with Crippen LogP contribution in [0.2, 0.25) is 0 Å². The minimum Gasteiger partial charge on any atom is -0.452 e. The number of allylic oxidation sites excluding steroid dienone is 2. The summed E-state index contributed by atoms with van der Waals surface area (Å²) in [4.78, 5) is 31.8. The number of fused-ring (bicyclic) bond motifs is 1. The molecule has 0 spiro atoms. The third kappa shape index (κ3) is 3.87. The van der Waals surface area contributed by atoms with Gasteiger partial charge in [0.15, 0.2) is 6.61 Å². The van der Waals surface area contributed by atoms with Gasteiger partial charge in [0, 0.05) is 22.8 Å². The largest absolute Gasteiger partial charge is 0.452 e. The molecule has 27 heavy (non-hydrogen) atoms. The summed E-state index contributed by atoms with van der Waals surface area (Å²) in [7, 11) is 0. The number of carbonyl (C=O) groups excluding carboxylic acids is 2. The van der Waals surface area contributed by atoms with Crippen molar-refractivity contribution in [2.75, 3.05) is 6.61 Å². The molecular formula is C22H24N2O3. The van der Waals surface area contributed by atoms with Crippen LogP contribution in [-0.2, 0) is 9.53 Å². The van der Waals surface area contributed by atoms with Crippen LogP contribution in [0.3, 0.4) is 0 Å². The quantitative estimate of drug-likeness (QED) is 0.748. The van der Waals surface area contributed by atoms with Crippen LogP contribution >= 0.6 is 0 Å². The van der Waals surface area contributed by atoms with E-state index < -0.39 is 5.97 Å². The van der Waals surface area contributed by atoms with Crippen molar-refractivity contribution in [1.29, 1.82) is 0 Å². The van der Waals surface area contributed by atoms with Crippen LogP contribution in [-0.4, -0.2) is 34.4 Å². The van der Waals surface area contributed by atoms with E-state index in [0.717, 1.165) is 54.4 Å². The molecule has 0 N–H and O–H groups in total. The molecule has 0 saturated heterocycles. The third-order valence-corrected chi connectivity index (χ3v) is 5.15. The summed E-state index contributed by atoms with van der Waals surface area (Å²) in [5.41, 5.74) is 3.07. The predicted molar refractivity (Wildman–Crippen MR) is 103 cm³/mol. The second-order valence-electron chi connectivity index (χ2n) is 7.34. The van der Waals surface area contributed by atoms with Gasteiger partial charge >= 0.3 is 5.97 Å². The van der Waals surface area contributed by atoms with Crippen LogP contribution in [0.4, 0.5) is 0 Å². The molecule has 2 aliphatic carbocycles. The Balaban J connectivity index is 1.49. The van der Waals surface area contributed by atoms with E-state index in [1.54, 1.807) is 6.07 Å². The number of rotatable bonds is 5. The summed E-state index contributed by atoms with van der Waals surface area (Å²) in [5, 5.41) is 0.745. The van der Waals surface area contributed by atoms with Crippen LogP contribution < -0.4 is 0 Å². The van der Waals surface area contributed by atoms with Crippen molar-refractivity contribution in [3.8, 4) is 0 Å². The lowest BCUT2D eigenvalue weighted by molar-refractivity contribution is -0.133. The first kappa shape index (κ1) is 17.7. The maximum atomic E-state index is 12.8. The Labute approximate surface area is 159 Å². The average Bonchev–Trinajstić information content (AvgIpc) is 3.51. The summed E-state index contributed by atoms with van der Waals surface area (Å²) in [6, 6.07) is 9.48. The van der Waals surface area contributed by atoms with E-state index in [0.29, 0.717) is 5.56 Å². The fraction of sp³-hybridized carbons (Fsp3) is 0.409. The lowest BCUT2D eigenvalue weighted by atomic mass is 10.0. The predicted octanol–water partition coefficient (Wildman–Crippen LogP) is 4.15. The van der Waals surface area contributed by atoms with Crippen molar-refractivity contribution in [2.24, 2.45) is 0 Å². The molecule has 5 heteroatoms. The lowest BCUT2D eigenvalue weighted by Crippen LogP contribution is -2.36. The molecule has 2 aliphatic rings. The number of carbonyl (C=O) groups is 2. The monoisotopic (exact) mass is 364 g/mol. The third-order valence-electron chi connectivity index (χ3n) is 5.15. The molecule has 0 aliphatic heterocycles. The number of para-hydroxylation sites is 1. The number of aryl methyl sites for hydroxylation is 1. The first-order chi connectivity index (χ1) is 13.1. The molecule has 2 aromatic rings. The molecule has 140 valence electrons. The van der Waals surface area contributed by atoms with Crippen LogP contribution in [0, 0.1) is 6.92 Å². The van der Waals surface area contributed by atoms with Crippen molar-refractivity contribution in [3.63, 3.8) is 0 Å². The Hall–Kier alpha value is -2.69. The number of aromatic nitrogens is 1. The van der Waals surface area contributed by atoms with Gasteiger partial charge in [0.2, 0.25) is 0 Å². The average molecular weight is 364 g/mol. The summed E-state index contributed by atoms with van der Waals surface area (Å²) in [5.74, 6) is -0.590. The van der Waals surface area contributed by atoms with Gasteiger partial charge in [-0.1, -0.05) is 24.3 Å².